The molecule has 0 fully saturated rings. The Hall–Kier alpha value is -1.60. The smallest absolute Gasteiger partial charge is 0.480 e. The van der Waals surface area contributed by atoms with Gasteiger partial charge in [-0.3, -0.25) is 14.4 Å². The van der Waals surface area contributed by atoms with Crippen LogP contribution in [0.4, 0.5) is 13.2 Å². The van der Waals surface area contributed by atoms with Gasteiger partial charge in [-0.05, 0) is 17.5 Å². The number of benzene rings is 1. The fourth-order valence-electron chi connectivity index (χ4n) is 2.43. The lowest BCUT2D eigenvalue weighted by Gasteiger charge is -2.34. The highest BCUT2D eigenvalue weighted by atomic mass is 19.4. The van der Waals surface area contributed by atoms with Crippen LogP contribution in [0.3, 0.4) is 0 Å². The number of alkyl halides is 3. The lowest BCUT2D eigenvalue weighted by Crippen LogP contribution is -2.41. The van der Waals surface area contributed by atoms with Crippen molar-refractivity contribution in [2.75, 3.05) is 19.7 Å². The van der Waals surface area contributed by atoms with Crippen LogP contribution in [-0.4, -0.2) is 42.0 Å². The van der Waals surface area contributed by atoms with Crippen molar-refractivity contribution in [1.29, 1.82) is 0 Å². The zero-order chi connectivity index (χ0) is 14.8. The maximum Gasteiger partial charge on any atom is 0.522 e. The third kappa shape index (κ3) is 3.49. The number of ether oxygens (including phenoxy) is 1. The van der Waals surface area contributed by atoms with Crippen LogP contribution in [0.25, 0.3) is 0 Å². The second-order valence-electron chi connectivity index (χ2n) is 4.52. The van der Waals surface area contributed by atoms with Crippen molar-refractivity contribution >= 4 is 5.97 Å². The number of fused-ring (bicyclic) bond motifs is 1. The highest BCUT2D eigenvalue weighted by molar-refractivity contribution is 5.76. The van der Waals surface area contributed by atoms with Crippen molar-refractivity contribution in [3.05, 3.63) is 35.4 Å². The van der Waals surface area contributed by atoms with Crippen molar-refractivity contribution in [2.24, 2.45) is 0 Å². The summed E-state index contributed by atoms with van der Waals surface area (Å²) in [6, 6.07) is 6.17. The summed E-state index contributed by atoms with van der Waals surface area (Å²) < 4.78 is 39.6. The molecule has 110 valence electrons. The number of aliphatic carboxylic acids is 1. The monoisotopic (exact) mass is 289 g/mol. The van der Waals surface area contributed by atoms with Gasteiger partial charge in [0.25, 0.3) is 0 Å². The van der Waals surface area contributed by atoms with E-state index in [0.717, 1.165) is 5.56 Å². The van der Waals surface area contributed by atoms with Gasteiger partial charge in [0, 0.05) is 13.1 Å². The minimum absolute atomic E-state index is 0.0786. The molecule has 0 aliphatic carbocycles. The Balaban J connectivity index is 2.09. The molecular formula is C13H14F3NO3. The van der Waals surface area contributed by atoms with E-state index in [0.29, 0.717) is 18.5 Å². The normalized spacial score (nSPS) is 19.6. The van der Waals surface area contributed by atoms with Gasteiger partial charge in [0.1, 0.15) is 6.04 Å². The first-order chi connectivity index (χ1) is 9.38. The zero-order valence-electron chi connectivity index (χ0n) is 10.6. The van der Waals surface area contributed by atoms with E-state index in [9.17, 15) is 23.1 Å². The van der Waals surface area contributed by atoms with E-state index in [1.165, 1.54) is 4.90 Å². The van der Waals surface area contributed by atoms with Gasteiger partial charge in [-0.15, -0.1) is 13.2 Å². The topological polar surface area (TPSA) is 49.8 Å². The van der Waals surface area contributed by atoms with E-state index in [4.69, 9.17) is 0 Å². The summed E-state index contributed by atoms with van der Waals surface area (Å²) in [5.41, 5.74) is 1.56. The van der Waals surface area contributed by atoms with Crippen LogP contribution in [0, 0.1) is 0 Å². The maximum atomic E-state index is 11.9. The molecule has 1 N–H and O–H groups in total. The van der Waals surface area contributed by atoms with Gasteiger partial charge in [0.15, 0.2) is 0 Å². The molecule has 7 heteroatoms. The molecule has 0 amide bonds. The first-order valence-corrected chi connectivity index (χ1v) is 6.14. The van der Waals surface area contributed by atoms with E-state index in [1.807, 2.05) is 12.1 Å². The lowest BCUT2D eigenvalue weighted by molar-refractivity contribution is -0.325. The van der Waals surface area contributed by atoms with Crippen LogP contribution in [-0.2, 0) is 16.0 Å². The summed E-state index contributed by atoms with van der Waals surface area (Å²) >= 11 is 0. The summed E-state index contributed by atoms with van der Waals surface area (Å²) in [7, 11) is 0. The summed E-state index contributed by atoms with van der Waals surface area (Å²) in [5, 5.41) is 9.31. The number of halogens is 3. The quantitative estimate of drug-likeness (QED) is 0.923. The van der Waals surface area contributed by atoms with Crippen LogP contribution in [0.5, 0.6) is 0 Å². The van der Waals surface area contributed by atoms with Gasteiger partial charge in [-0.2, -0.15) is 0 Å². The molecule has 1 aromatic carbocycles. The summed E-state index contributed by atoms with van der Waals surface area (Å²) in [5.74, 6) is -1.07. The molecule has 1 atom stereocenters. The summed E-state index contributed by atoms with van der Waals surface area (Å²) in [4.78, 5) is 12.9. The predicted octanol–water partition coefficient (Wildman–Crippen LogP) is 2.21. The third-order valence-electron chi connectivity index (χ3n) is 3.26. The molecule has 2 rings (SSSR count). The molecule has 0 saturated carbocycles. The Kier molecular flexibility index (Phi) is 4.29. The first-order valence-electron chi connectivity index (χ1n) is 6.14. The Morgan fingerprint density at radius 2 is 2.10 bits per heavy atom. The van der Waals surface area contributed by atoms with Gasteiger partial charge >= 0.3 is 12.3 Å². The molecule has 0 radical (unpaired) electrons. The molecule has 0 spiro atoms. The van der Waals surface area contributed by atoms with Crippen molar-refractivity contribution in [1.82, 2.24) is 4.90 Å². The van der Waals surface area contributed by atoms with Crippen molar-refractivity contribution < 1.29 is 27.8 Å². The molecule has 1 aliphatic heterocycles. The minimum Gasteiger partial charge on any atom is -0.480 e. The van der Waals surface area contributed by atoms with Crippen molar-refractivity contribution in [2.45, 2.75) is 18.8 Å². The summed E-state index contributed by atoms with van der Waals surface area (Å²) in [6.07, 6.45) is -4.07. The maximum absolute atomic E-state index is 11.9. The van der Waals surface area contributed by atoms with Crippen LogP contribution in [0.2, 0.25) is 0 Å². The number of hydrogen-bond acceptors (Lipinski definition) is 3. The number of carbonyl (C=O) groups is 1. The molecule has 0 saturated heterocycles. The molecule has 1 aromatic rings. The standard InChI is InChI=1S/C13H14F3NO3/c14-13(15,16)20-8-7-17-6-5-9-3-1-2-4-10(9)11(17)12(18)19/h1-4,11H,5-8H2,(H,18,19). The van der Waals surface area contributed by atoms with E-state index in [1.54, 1.807) is 12.1 Å². The van der Waals surface area contributed by atoms with E-state index in [-0.39, 0.29) is 6.54 Å². The fourth-order valence-corrected chi connectivity index (χ4v) is 2.43. The van der Waals surface area contributed by atoms with Gasteiger partial charge in [-0.25, -0.2) is 0 Å². The Morgan fingerprint density at radius 1 is 1.40 bits per heavy atom. The lowest BCUT2D eigenvalue weighted by atomic mass is 9.92. The second kappa shape index (κ2) is 5.80. The molecule has 1 unspecified atom stereocenters. The predicted molar refractivity (Wildman–Crippen MR) is 64.1 cm³/mol. The van der Waals surface area contributed by atoms with Crippen molar-refractivity contribution in [3.63, 3.8) is 0 Å². The van der Waals surface area contributed by atoms with Gasteiger partial charge in [0.2, 0.25) is 0 Å². The Bertz CT molecular complexity index is 490. The molecule has 20 heavy (non-hydrogen) atoms. The SMILES string of the molecule is O=C(O)C1c2ccccc2CCN1CCOC(F)(F)F. The number of carboxylic acid groups (broad SMARTS) is 1. The number of hydrogen-bond donors (Lipinski definition) is 1. The average Bonchev–Trinajstić information content (AvgIpc) is 2.36. The van der Waals surface area contributed by atoms with E-state index in [2.05, 4.69) is 4.74 Å². The van der Waals surface area contributed by atoms with Gasteiger partial charge < -0.3 is 5.11 Å². The van der Waals surface area contributed by atoms with Gasteiger partial charge in [0.05, 0.1) is 6.61 Å². The van der Waals surface area contributed by atoms with Gasteiger partial charge in [-0.1, -0.05) is 24.3 Å². The average molecular weight is 289 g/mol. The fraction of sp³-hybridized carbons (Fsp3) is 0.462. The van der Waals surface area contributed by atoms with Crippen LogP contribution < -0.4 is 0 Å². The number of carboxylic acids is 1. The largest absolute Gasteiger partial charge is 0.522 e. The number of nitrogens with zero attached hydrogens (tertiary/aromatic N) is 1. The Labute approximate surface area is 113 Å². The molecular weight excluding hydrogens is 275 g/mol. The molecule has 0 aromatic heterocycles. The van der Waals surface area contributed by atoms with Crippen LogP contribution >= 0.6 is 0 Å². The highest BCUT2D eigenvalue weighted by Crippen LogP contribution is 2.29. The third-order valence-corrected chi connectivity index (χ3v) is 3.26. The van der Waals surface area contributed by atoms with Crippen LogP contribution in [0.15, 0.2) is 24.3 Å². The first kappa shape index (κ1) is 14.8. The van der Waals surface area contributed by atoms with E-state index >= 15 is 0 Å². The van der Waals surface area contributed by atoms with Crippen LogP contribution in [0.1, 0.15) is 17.2 Å². The van der Waals surface area contributed by atoms with Crippen molar-refractivity contribution in [3.8, 4) is 0 Å². The zero-order valence-corrected chi connectivity index (χ0v) is 10.6. The highest BCUT2D eigenvalue weighted by Gasteiger charge is 2.34. The van der Waals surface area contributed by atoms with E-state index < -0.39 is 25.0 Å². The number of rotatable bonds is 4. The second-order valence-corrected chi connectivity index (χ2v) is 4.52. The molecule has 1 heterocycles. The summed E-state index contributed by atoms with van der Waals surface area (Å²) in [6.45, 7) is -0.255. The minimum atomic E-state index is -4.69. The molecule has 0 bridgehead atoms. The molecule has 4 nitrogen and oxygen atoms in total. The Morgan fingerprint density at radius 3 is 2.75 bits per heavy atom. The molecule has 1 aliphatic rings.